The summed E-state index contributed by atoms with van der Waals surface area (Å²) in [5, 5.41) is 10.4. The molecule has 0 aromatic carbocycles. The van der Waals surface area contributed by atoms with E-state index in [9.17, 15) is 13.6 Å². The number of amides is 1. The van der Waals surface area contributed by atoms with Gasteiger partial charge in [-0.3, -0.25) is 9.48 Å². The number of aryl methyl sites for hydroxylation is 1. The highest BCUT2D eigenvalue weighted by Gasteiger charge is 2.55. The Hall–Kier alpha value is -3.47. The van der Waals surface area contributed by atoms with Gasteiger partial charge in [-0.2, -0.15) is 5.10 Å². The van der Waals surface area contributed by atoms with Gasteiger partial charge >= 0.3 is 0 Å². The standard InChI is InChI=1S/C23H23F2N7O2/c1-12-3-20(30-21(27-12)22-7-15(8-22)34-11-22)29-17-5-19(28-13(2)33)26-9-16(17)18-4-14-6-23(24,25)10-32(14)31-18/h3-5,9,15H,6-8,10-11H2,1-2H3,(H2,26,27,28,29,30,33). The number of hydrogen-bond acceptors (Lipinski definition) is 7. The molecule has 11 heteroatoms. The molecule has 4 aliphatic rings. The third-order valence-electron chi connectivity index (χ3n) is 6.59. The first kappa shape index (κ1) is 21.1. The van der Waals surface area contributed by atoms with Crippen LogP contribution in [-0.2, 0) is 27.9 Å². The van der Waals surface area contributed by atoms with Crippen molar-refractivity contribution in [2.24, 2.45) is 0 Å². The predicted molar refractivity (Wildman–Crippen MR) is 119 cm³/mol. The Bertz CT molecular complexity index is 1290. The number of alkyl halides is 2. The second kappa shape index (κ2) is 7.26. The summed E-state index contributed by atoms with van der Waals surface area (Å²) >= 11 is 0. The molecule has 0 unspecified atom stereocenters. The van der Waals surface area contributed by atoms with Crippen molar-refractivity contribution >= 4 is 23.2 Å². The molecule has 2 bridgehead atoms. The van der Waals surface area contributed by atoms with E-state index in [1.807, 2.05) is 13.0 Å². The number of hydrogen-bond donors (Lipinski definition) is 2. The van der Waals surface area contributed by atoms with E-state index in [4.69, 9.17) is 9.72 Å². The molecule has 7 rings (SSSR count). The van der Waals surface area contributed by atoms with Gasteiger partial charge in [-0.15, -0.1) is 0 Å². The number of rotatable bonds is 5. The van der Waals surface area contributed by atoms with Gasteiger partial charge in [0.25, 0.3) is 5.92 Å². The van der Waals surface area contributed by atoms with Crippen molar-refractivity contribution in [1.29, 1.82) is 0 Å². The molecule has 1 amide bonds. The first-order valence-corrected chi connectivity index (χ1v) is 11.2. The fourth-order valence-electron chi connectivity index (χ4n) is 5.00. The maximum Gasteiger partial charge on any atom is 0.272 e. The molecule has 6 heterocycles. The third kappa shape index (κ3) is 3.60. The Morgan fingerprint density at radius 2 is 2.03 bits per heavy atom. The van der Waals surface area contributed by atoms with Gasteiger partial charge < -0.3 is 15.4 Å². The summed E-state index contributed by atoms with van der Waals surface area (Å²) < 4.78 is 34.5. The Kier molecular flexibility index (Phi) is 4.50. The van der Waals surface area contributed by atoms with Crippen LogP contribution in [0.15, 0.2) is 24.4 Å². The van der Waals surface area contributed by atoms with E-state index in [-0.39, 0.29) is 17.7 Å². The van der Waals surface area contributed by atoms with Crippen molar-refractivity contribution in [2.45, 2.75) is 57.1 Å². The Morgan fingerprint density at radius 1 is 1.21 bits per heavy atom. The van der Waals surface area contributed by atoms with Crippen LogP contribution in [0.5, 0.6) is 0 Å². The van der Waals surface area contributed by atoms with E-state index < -0.39 is 12.5 Å². The van der Waals surface area contributed by atoms with Crippen LogP contribution < -0.4 is 10.6 Å². The number of anilines is 3. The maximum atomic E-state index is 13.7. The normalized spacial score (nSPS) is 23.9. The fraction of sp³-hybridized carbons (Fsp3) is 0.435. The highest BCUT2D eigenvalue weighted by molar-refractivity contribution is 5.89. The topological polar surface area (TPSA) is 107 Å². The van der Waals surface area contributed by atoms with Crippen LogP contribution in [0.3, 0.4) is 0 Å². The highest BCUT2D eigenvalue weighted by atomic mass is 19.3. The van der Waals surface area contributed by atoms with E-state index in [1.165, 1.54) is 11.6 Å². The molecule has 9 nitrogen and oxygen atoms in total. The van der Waals surface area contributed by atoms with Gasteiger partial charge in [-0.25, -0.2) is 23.7 Å². The Morgan fingerprint density at radius 3 is 2.74 bits per heavy atom. The highest BCUT2D eigenvalue weighted by Crippen LogP contribution is 2.50. The molecule has 176 valence electrons. The summed E-state index contributed by atoms with van der Waals surface area (Å²) in [6, 6.07) is 5.17. The molecule has 0 atom stereocenters. The molecule has 3 aromatic rings. The molecule has 0 radical (unpaired) electrons. The van der Waals surface area contributed by atoms with E-state index in [0.717, 1.165) is 24.4 Å². The molecule has 1 saturated carbocycles. The first-order chi connectivity index (χ1) is 16.2. The average Bonchev–Trinajstić information content (AvgIpc) is 3.46. The van der Waals surface area contributed by atoms with E-state index in [2.05, 4.69) is 25.7 Å². The minimum atomic E-state index is -2.78. The van der Waals surface area contributed by atoms with Crippen LogP contribution in [0.2, 0.25) is 0 Å². The van der Waals surface area contributed by atoms with Crippen LogP contribution >= 0.6 is 0 Å². The summed E-state index contributed by atoms with van der Waals surface area (Å²) in [4.78, 5) is 25.3. The van der Waals surface area contributed by atoms with Crippen molar-refractivity contribution in [3.63, 3.8) is 0 Å². The molecule has 34 heavy (non-hydrogen) atoms. The lowest BCUT2D eigenvalue weighted by molar-refractivity contribution is -0.114. The summed E-state index contributed by atoms with van der Waals surface area (Å²) in [7, 11) is 0. The van der Waals surface area contributed by atoms with Crippen molar-refractivity contribution in [3.05, 3.63) is 41.6 Å². The van der Waals surface area contributed by atoms with Gasteiger partial charge in [0.15, 0.2) is 0 Å². The predicted octanol–water partition coefficient (Wildman–Crippen LogP) is 3.37. The van der Waals surface area contributed by atoms with E-state index in [1.54, 1.807) is 18.3 Å². The van der Waals surface area contributed by atoms with Gasteiger partial charge in [0.1, 0.15) is 24.0 Å². The first-order valence-electron chi connectivity index (χ1n) is 11.2. The summed E-state index contributed by atoms with van der Waals surface area (Å²) in [5.41, 5.74) is 2.88. The van der Waals surface area contributed by atoms with Crippen molar-refractivity contribution in [3.8, 4) is 11.3 Å². The SMILES string of the molecule is CC(=O)Nc1cc(Nc2cc(C)nc(C34COC(C3)C4)n2)c(-c2cc3n(n2)CC(F)(F)C3)cn1. The van der Waals surface area contributed by atoms with E-state index in [0.29, 0.717) is 47.0 Å². The lowest BCUT2D eigenvalue weighted by Gasteiger charge is -2.33. The Balaban J connectivity index is 1.37. The largest absolute Gasteiger partial charge is 0.377 e. The molecule has 2 saturated heterocycles. The second-order valence-electron chi connectivity index (χ2n) is 9.47. The maximum absolute atomic E-state index is 13.7. The number of carbonyl (C=O) groups excluding carboxylic acids is 1. The summed E-state index contributed by atoms with van der Waals surface area (Å²) in [6.07, 6.45) is 3.36. The number of aromatic nitrogens is 5. The minimum absolute atomic E-state index is 0.133. The molecular formula is C23H23F2N7O2. The van der Waals surface area contributed by atoms with Crippen LogP contribution in [0.1, 0.15) is 37.0 Å². The number of ether oxygens (including phenoxy) is 1. The van der Waals surface area contributed by atoms with Crippen LogP contribution in [0, 0.1) is 6.92 Å². The molecule has 3 fully saturated rings. The molecule has 2 N–H and O–H groups in total. The zero-order valence-corrected chi connectivity index (χ0v) is 18.7. The van der Waals surface area contributed by atoms with Crippen LogP contribution in [0.4, 0.5) is 26.1 Å². The monoisotopic (exact) mass is 467 g/mol. The number of halogens is 2. The van der Waals surface area contributed by atoms with E-state index >= 15 is 0 Å². The number of carbonyl (C=O) groups is 1. The van der Waals surface area contributed by atoms with Crippen molar-refractivity contribution in [2.75, 3.05) is 17.2 Å². The minimum Gasteiger partial charge on any atom is -0.377 e. The zero-order chi connectivity index (χ0) is 23.7. The molecule has 0 spiro atoms. The van der Waals surface area contributed by atoms with Crippen molar-refractivity contribution in [1.82, 2.24) is 24.7 Å². The third-order valence-corrected chi connectivity index (χ3v) is 6.59. The van der Waals surface area contributed by atoms with Gasteiger partial charge in [-0.1, -0.05) is 0 Å². The molecule has 3 aliphatic heterocycles. The van der Waals surface area contributed by atoms with Gasteiger partial charge in [0.2, 0.25) is 5.91 Å². The Labute approximate surface area is 194 Å². The van der Waals surface area contributed by atoms with Gasteiger partial charge in [-0.05, 0) is 25.8 Å². The summed E-state index contributed by atoms with van der Waals surface area (Å²) in [5.74, 6) is -1.34. The molecular weight excluding hydrogens is 444 g/mol. The molecule has 3 aromatic heterocycles. The number of nitrogens with zero attached hydrogens (tertiary/aromatic N) is 5. The second-order valence-corrected chi connectivity index (χ2v) is 9.47. The zero-order valence-electron chi connectivity index (χ0n) is 18.7. The van der Waals surface area contributed by atoms with Gasteiger partial charge in [0.05, 0.1) is 35.9 Å². The lowest BCUT2D eigenvalue weighted by atomic mass is 9.69. The number of nitrogens with one attached hydrogen (secondary N) is 2. The van der Waals surface area contributed by atoms with Crippen LogP contribution in [0.25, 0.3) is 11.3 Å². The van der Waals surface area contributed by atoms with Crippen LogP contribution in [-0.4, -0.2) is 49.3 Å². The number of pyridine rings is 1. The van der Waals surface area contributed by atoms with Gasteiger partial charge in [0, 0.05) is 42.2 Å². The summed E-state index contributed by atoms with van der Waals surface area (Å²) in [6.45, 7) is 3.49. The fourth-order valence-corrected chi connectivity index (χ4v) is 5.00. The average molecular weight is 467 g/mol. The molecule has 1 aliphatic carbocycles. The quantitative estimate of drug-likeness (QED) is 0.593. The van der Waals surface area contributed by atoms with Crippen molar-refractivity contribution < 1.29 is 18.3 Å². The number of fused-ring (bicyclic) bond motifs is 2. The smallest absolute Gasteiger partial charge is 0.272 e. The lowest BCUT2D eigenvalue weighted by Crippen LogP contribution is -2.39.